The SMILES string of the molecule is CC(C)(C)OC(=O)C(=O)c1ccc(/C=N/Nc2ncnc3c2cnn3-c2ccccn2)cn1. The molecule has 0 unspecified atom stereocenters. The number of hydrazone groups is 1. The number of hydrogen-bond donors (Lipinski definition) is 1. The summed E-state index contributed by atoms with van der Waals surface area (Å²) in [7, 11) is 0. The first-order valence-corrected chi connectivity index (χ1v) is 9.95. The molecule has 0 saturated carbocycles. The minimum absolute atomic E-state index is 0.00574. The van der Waals surface area contributed by atoms with Gasteiger partial charge in [0, 0.05) is 18.0 Å². The average Bonchev–Trinajstić information content (AvgIpc) is 3.24. The van der Waals surface area contributed by atoms with Crippen molar-refractivity contribution in [3.63, 3.8) is 0 Å². The van der Waals surface area contributed by atoms with Crippen LogP contribution in [-0.2, 0) is 9.53 Å². The first-order chi connectivity index (χ1) is 15.8. The summed E-state index contributed by atoms with van der Waals surface area (Å²) >= 11 is 0. The van der Waals surface area contributed by atoms with Crippen LogP contribution in [0.4, 0.5) is 5.82 Å². The molecule has 11 nitrogen and oxygen atoms in total. The number of nitrogens with zero attached hydrogens (tertiary/aromatic N) is 7. The lowest BCUT2D eigenvalue weighted by atomic mass is 10.2. The highest BCUT2D eigenvalue weighted by atomic mass is 16.6. The molecule has 0 aliphatic heterocycles. The third-order valence-electron chi connectivity index (χ3n) is 4.22. The summed E-state index contributed by atoms with van der Waals surface area (Å²) < 4.78 is 6.68. The molecule has 0 saturated heterocycles. The molecule has 4 aromatic rings. The minimum atomic E-state index is -0.947. The Hall–Kier alpha value is -4.54. The Balaban J connectivity index is 1.46. The van der Waals surface area contributed by atoms with Crippen LogP contribution in [0.3, 0.4) is 0 Å². The van der Waals surface area contributed by atoms with Crippen LogP contribution in [-0.4, -0.2) is 53.3 Å². The Labute approximate surface area is 188 Å². The largest absolute Gasteiger partial charge is 0.454 e. The summed E-state index contributed by atoms with van der Waals surface area (Å²) in [6.07, 6.45) is 7.64. The van der Waals surface area contributed by atoms with Crippen LogP contribution < -0.4 is 5.43 Å². The molecule has 0 amide bonds. The highest BCUT2D eigenvalue weighted by molar-refractivity contribution is 6.40. The molecule has 0 bridgehead atoms. The number of carbonyl (C=O) groups is 2. The number of anilines is 1. The van der Waals surface area contributed by atoms with Crippen LogP contribution in [0.1, 0.15) is 36.8 Å². The number of aromatic nitrogens is 6. The van der Waals surface area contributed by atoms with E-state index in [1.165, 1.54) is 24.8 Å². The predicted octanol–water partition coefficient (Wildman–Crippen LogP) is 2.58. The Morgan fingerprint density at radius 2 is 1.91 bits per heavy atom. The number of carbonyl (C=O) groups excluding carboxylic acids is 2. The molecule has 33 heavy (non-hydrogen) atoms. The van der Waals surface area contributed by atoms with Crippen molar-refractivity contribution in [2.24, 2.45) is 5.10 Å². The smallest absolute Gasteiger partial charge is 0.381 e. The molecule has 4 rings (SSSR count). The maximum Gasteiger partial charge on any atom is 0.381 e. The molecule has 166 valence electrons. The highest BCUT2D eigenvalue weighted by Crippen LogP contribution is 2.20. The van der Waals surface area contributed by atoms with Crippen LogP contribution in [0.25, 0.3) is 16.9 Å². The zero-order valence-electron chi connectivity index (χ0n) is 18.1. The van der Waals surface area contributed by atoms with Gasteiger partial charge < -0.3 is 4.74 Å². The van der Waals surface area contributed by atoms with Gasteiger partial charge >= 0.3 is 5.97 Å². The second-order valence-electron chi connectivity index (χ2n) is 7.88. The molecule has 0 aliphatic rings. The van der Waals surface area contributed by atoms with Gasteiger partial charge in [0.05, 0.1) is 17.8 Å². The van der Waals surface area contributed by atoms with E-state index in [1.807, 2.05) is 18.2 Å². The summed E-state index contributed by atoms with van der Waals surface area (Å²) in [6.45, 7) is 5.06. The minimum Gasteiger partial charge on any atom is -0.454 e. The number of ketones is 1. The molecule has 4 aromatic heterocycles. The maximum absolute atomic E-state index is 12.2. The van der Waals surface area contributed by atoms with Gasteiger partial charge in [0.25, 0.3) is 5.78 Å². The fraction of sp³-hybridized carbons (Fsp3) is 0.182. The van der Waals surface area contributed by atoms with Crippen molar-refractivity contribution < 1.29 is 14.3 Å². The molecular formula is C22H20N8O3. The molecule has 0 aliphatic carbocycles. The average molecular weight is 444 g/mol. The van der Waals surface area contributed by atoms with E-state index in [4.69, 9.17) is 4.74 Å². The number of nitrogens with one attached hydrogen (secondary N) is 1. The standard InChI is InChI=1S/C22H20N8O3/c1-22(2,3)33-21(32)18(31)16-8-7-14(10-24-16)11-27-29-19-15-12-28-30(20(15)26-13-25-19)17-6-4-5-9-23-17/h4-13H,1-3H3,(H,25,26,29)/b27-11+. The van der Waals surface area contributed by atoms with Crippen LogP contribution in [0, 0.1) is 0 Å². The number of fused-ring (bicyclic) bond motifs is 1. The van der Waals surface area contributed by atoms with E-state index < -0.39 is 17.4 Å². The lowest BCUT2D eigenvalue weighted by Gasteiger charge is -2.18. The third kappa shape index (κ3) is 5.03. The molecule has 4 heterocycles. The topological polar surface area (TPSA) is 137 Å². The van der Waals surface area contributed by atoms with E-state index in [0.29, 0.717) is 28.2 Å². The van der Waals surface area contributed by atoms with Crippen LogP contribution >= 0.6 is 0 Å². The summed E-state index contributed by atoms with van der Waals surface area (Å²) in [5.74, 6) is -0.659. The van der Waals surface area contributed by atoms with Gasteiger partial charge in [-0.05, 0) is 45.0 Å². The van der Waals surface area contributed by atoms with Crippen molar-refractivity contribution in [3.05, 3.63) is 66.5 Å². The van der Waals surface area contributed by atoms with Gasteiger partial charge in [0.1, 0.15) is 17.6 Å². The Kier molecular flexibility index (Phi) is 5.85. The van der Waals surface area contributed by atoms with Crippen LogP contribution in [0.5, 0.6) is 0 Å². The van der Waals surface area contributed by atoms with Gasteiger partial charge in [0.15, 0.2) is 17.3 Å². The van der Waals surface area contributed by atoms with Gasteiger partial charge in [-0.3, -0.25) is 15.2 Å². The number of hydrogen-bond acceptors (Lipinski definition) is 10. The van der Waals surface area contributed by atoms with E-state index in [1.54, 1.807) is 43.9 Å². The van der Waals surface area contributed by atoms with E-state index in [-0.39, 0.29) is 5.69 Å². The van der Waals surface area contributed by atoms with E-state index in [2.05, 4.69) is 35.6 Å². The number of pyridine rings is 2. The van der Waals surface area contributed by atoms with Gasteiger partial charge in [-0.25, -0.2) is 19.7 Å². The molecule has 0 aromatic carbocycles. The molecule has 0 radical (unpaired) electrons. The van der Waals surface area contributed by atoms with Crippen molar-refractivity contribution in [1.29, 1.82) is 0 Å². The first-order valence-electron chi connectivity index (χ1n) is 9.95. The van der Waals surface area contributed by atoms with Crippen molar-refractivity contribution in [2.75, 3.05) is 5.43 Å². The van der Waals surface area contributed by atoms with Crippen molar-refractivity contribution in [3.8, 4) is 5.82 Å². The number of Topliss-reactive ketones (excluding diaryl/α,β-unsaturated/α-hetero) is 1. The number of rotatable bonds is 6. The molecule has 0 spiro atoms. The number of esters is 1. The molecule has 1 N–H and O–H groups in total. The van der Waals surface area contributed by atoms with Gasteiger partial charge in [-0.2, -0.15) is 14.9 Å². The van der Waals surface area contributed by atoms with Crippen LogP contribution in [0.15, 0.2) is 60.4 Å². The van der Waals surface area contributed by atoms with E-state index in [0.717, 1.165) is 0 Å². The Morgan fingerprint density at radius 3 is 2.61 bits per heavy atom. The Bertz CT molecular complexity index is 1330. The van der Waals surface area contributed by atoms with Crippen LogP contribution in [0.2, 0.25) is 0 Å². The lowest BCUT2D eigenvalue weighted by molar-refractivity contribution is -0.148. The van der Waals surface area contributed by atoms with Crippen molar-refractivity contribution >= 4 is 34.8 Å². The quantitative estimate of drug-likeness (QED) is 0.156. The molecule has 0 atom stereocenters. The van der Waals surface area contributed by atoms with Gasteiger partial charge in [-0.15, -0.1) is 0 Å². The van der Waals surface area contributed by atoms with Gasteiger partial charge in [-0.1, -0.05) is 6.07 Å². The summed E-state index contributed by atoms with van der Waals surface area (Å²) in [5.41, 5.74) is 3.28. The zero-order valence-corrected chi connectivity index (χ0v) is 18.1. The fourth-order valence-corrected chi connectivity index (χ4v) is 2.79. The van der Waals surface area contributed by atoms with E-state index in [9.17, 15) is 9.59 Å². The number of ether oxygens (including phenoxy) is 1. The maximum atomic E-state index is 12.2. The van der Waals surface area contributed by atoms with Crippen molar-refractivity contribution in [1.82, 2.24) is 29.7 Å². The lowest BCUT2D eigenvalue weighted by Crippen LogP contribution is -2.29. The second kappa shape index (κ2) is 8.91. The highest BCUT2D eigenvalue weighted by Gasteiger charge is 2.24. The summed E-state index contributed by atoms with van der Waals surface area (Å²) in [5, 5.41) is 9.17. The summed E-state index contributed by atoms with van der Waals surface area (Å²) in [6, 6.07) is 8.56. The second-order valence-corrected chi connectivity index (χ2v) is 7.88. The molecule has 0 fully saturated rings. The van der Waals surface area contributed by atoms with Crippen molar-refractivity contribution in [2.45, 2.75) is 26.4 Å². The zero-order chi connectivity index (χ0) is 23.4. The first kappa shape index (κ1) is 21.7. The van der Waals surface area contributed by atoms with E-state index >= 15 is 0 Å². The monoisotopic (exact) mass is 444 g/mol. The molecular weight excluding hydrogens is 424 g/mol. The Morgan fingerprint density at radius 1 is 1.06 bits per heavy atom. The predicted molar refractivity (Wildman–Crippen MR) is 120 cm³/mol. The third-order valence-corrected chi connectivity index (χ3v) is 4.22. The fourth-order valence-electron chi connectivity index (χ4n) is 2.79. The normalized spacial score (nSPS) is 11.6. The summed E-state index contributed by atoms with van der Waals surface area (Å²) in [4.78, 5) is 40.9. The molecule has 11 heteroatoms. The van der Waals surface area contributed by atoms with Gasteiger partial charge in [0.2, 0.25) is 0 Å².